The van der Waals surface area contributed by atoms with E-state index in [0.29, 0.717) is 52.4 Å². The van der Waals surface area contributed by atoms with Crippen molar-refractivity contribution in [3.63, 3.8) is 0 Å². The summed E-state index contributed by atoms with van der Waals surface area (Å²) in [4.78, 5) is 22.0. The topological polar surface area (TPSA) is 72.4 Å². The third kappa shape index (κ3) is 3.56. The fourth-order valence-electron chi connectivity index (χ4n) is 6.31. The third-order valence-electron chi connectivity index (χ3n) is 8.34. The number of nitrogens with zero attached hydrogens (tertiary/aromatic N) is 3. The van der Waals surface area contributed by atoms with E-state index < -0.39 is 18.6 Å². The van der Waals surface area contributed by atoms with Gasteiger partial charge in [0.15, 0.2) is 5.78 Å². The predicted octanol–water partition coefficient (Wildman–Crippen LogP) is 4.77. The van der Waals surface area contributed by atoms with Gasteiger partial charge in [0.25, 0.3) is 0 Å². The Morgan fingerprint density at radius 2 is 1.97 bits per heavy atom. The number of anilines is 1. The number of hydrogen-bond donors (Lipinski definition) is 1. The van der Waals surface area contributed by atoms with Crippen LogP contribution in [0.5, 0.6) is 0 Å². The molecule has 0 saturated carbocycles. The molecule has 6 heteroatoms. The van der Waals surface area contributed by atoms with Gasteiger partial charge in [-0.15, -0.1) is 0 Å². The molecule has 186 valence electrons. The van der Waals surface area contributed by atoms with Crippen molar-refractivity contribution in [2.45, 2.75) is 51.4 Å². The number of aryl methyl sites for hydroxylation is 1. The van der Waals surface area contributed by atoms with E-state index >= 15 is 0 Å². The highest BCUT2D eigenvalue weighted by Crippen LogP contribution is 2.46. The highest BCUT2D eigenvalue weighted by Gasteiger charge is 2.40. The van der Waals surface area contributed by atoms with Gasteiger partial charge >= 0.3 is 0 Å². The van der Waals surface area contributed by atoms with Crippen molar-refractivity contribution in [3.8, 4) is 6.07 Å². The van der Waals surface area contributed by atoms with Crippen molar-refractivity contribution in [3.05, 3.63) is 63.8 Å². The fourth-order valence-corrected chi connectivity index (χ4v) is 6.31. The van der Waals surface area contributed by atoms with Crippen molar-refractivity contribution in [1.29, 1.82) is 5.26 Å². The van der Waals surface area contributed by atoms with E-state index in [1.807, 2.05) is 19.9 Å². The zero-order valence-corrected chi connectivity index (χ0v) is 20.8. The maximum atomic E-state index is 14.1. The molecule has 0 unspecified atom stereocenters. The second kappa shape index (κ2) is 8.76. The zero-order chi connectivity index (χ0) is 29.3. The highest BCUT2D eigenvalue weighted by molar-refractivity contribution is 6.20. The minimum absolute atomic E-state index is 0.0280. The number of carbonyl (C=O) groups excluding carboxylic acids is 1. The summed E-state index contributed by atoms with van der Waals surface area (Å²) >= 11 is 0. The number of nitrogens with one attached hydrogen (secondary N) is 1. The van der Waals surface area contributed by atoms with Crippen LogP contribution in [0, 0.1) is 11.3 Å². The number of morpholine rings is 1. The Kier molecular flexibility index (Phi) is 4.42. The molecular formula is C30H34N4O2. The molecule has 1 aliphatic carbocycles. The number of aromatic amines is 1. The first-order valence-corrected chi connectivity index (χ1v) is 12.7. The van der Waals surface area contributed by atoms with Crippen LogP contribution in [0.1, 0.15) is 78.7 Å². The van der Waals surface area contributed by atoms with E-state index in [2.05, 4.69) is 20.9 Å². The first-order valence-electron chi connectivity index (χ1n) is 15.2. The average molecular weight is 488 g/mol. The molecule has 0 radical (unpaired) electrons. The molecule has 6 nitrogen and oxygen atoms in total. The number of hydrogen-bond acceptors (Lipinski definition) is 5. The van der Waals surface area contributed by atoms with Crippen LogP contribution in [0.15, 0.2) is 30.3 Å². The lowest BCUT2D eigenvalue weighted by molar-refractivity contribution is 0.0115. The van der Waals surface area contributed by atoms with Crippen LogP contribution in [-0.2, 0) is 16.5 Å². The Balaban J connectivity index is 1.47. The second-order valence-corrected chi connectivity index (χ2v) is 10.6. The molecule has 2 aliphatic heterocycles. The Morgan fingerprint density at radius 1 is 1.19 bits per heavy atom. The molecule has 3 aliphatic rings. The number of piperidine rings is 1. The van der Waals surface area contributed by atoms with Crippen molar-refractivity contribution < 1.29 is 16.4 Å². The number of ether oxygens (including phenoxy) is 1. The molecule has 0 atom stereocenters. The molecule has 1 aromatic heterocycles. The summed E-state index contributed by atoms with van der Waals surface area (Å²) in [5, 5.41) is 10.1. The van der Waals surface area contributed by atoms with Crippen LogP contribution in [0.3, 0.4) is 0 Å². The van der Waals surface area contributed by atoms with Crippen LogP contribution < -0.4 is 4.90 Å². The molecule has 3 aromatic rings. The zero-order valence-electron chi connectivity index (χ0n) is 25.8. The van der Waals surface area contributed by atoms with Gasteiger partial charge in [0.1, 0.15) is 0 Å². The van der Waals surface area contributed by atoms with Gasteiger partial charge in [0.05, 0.1) is 30.4 Å². The van der Waals surface area contributed by atoms with Crippen LogP contribution >= 0.6 is 0 Å². The largest absolute Gasteiger partial charge is 0.379 e. The van der Waals surface area contributed by atoms with Crippen molar-refractivity contribution in [1.82, 2.24) is 9.88 Å². The van der Waals surface area contributed by atoms with Gasteiger partial charge < -0.3 is 14.6 Å². The summed E-state index contributed by atoms with van der Waals surface area (Å²) in [5.74, 6) is -0.273. The first-order chi connectivity index (χ1) is 19.3. The number of carbonyl (C=O) groups is 1. The molecule has 36 heavy (non-hydrogen) atoms. The maximum absolute atomic E-state index is 14.1. The summed E-state index contributed by atoms with van der Waals surface area (Å²) in [6.45, 7) is 5.69. The highest BCUT2D eigenvalue weighted by atomic mass is 16.5. The first kappa shape index (κ1) is 18.2. The lowest BCUT2D eigenvalue weighted by atomic mass is 9.70. The standard InChI is InChI=1S/C30H34N4O2/c1-4-20-16-23-24(17-26(20)34-9-7-21(8-10-34)33-11-13-36-14-12-33)30(2,3)29-27(28(23)35)22-6-5-19(18-31)15-25(22)32-29/h5-6,15-17,21,32H,4,7-14H2,1-3H3/i1D3,4D2. The summed E-state index contributed by atoms with van der Waals surface area (Å²) in [7, 11) is 0. The molecule has 1 N–H and O–H groups in total. The van der Waals surface area contributed by atoms with Gasteiger partial charge in [-0.3, -0.25) is 9.69 Å². The number of H-pyrrole nitrogens is 1. The minimum atomic E-state index is -2.92. The number of rotatable bonds is 3. The van der Waals surface area contributed by atoms with Crippen LogP contribution in [-0.4, -0.2) is 61.1 Å². The monoisotopic (exact) mass is 487 g/mol. The quantitative estimate of drug-likeness (QED) is 0.576. The fraction of sp³-hybridized carbons (Fsp3) is 0.467. The van der Waals surface area contributed by atoms with Gasteiger partial charge in [-0.05, 0) is 54.6 Å². The van der Waals surface area contributed by atoms with Crippen LogP contribution in [0.4, 0.5) is 5.69 Å². The molecule has 0 bridgehead atoms. The molecule has 6 rings (SSSR count). The van der Waals surface area contributed by atoms with E-state index in [1.54, 1.807) is 18.2 Å². The van der Waals surface area contributed by atoms with E-state index in [1.165, 1.54) is 6.07 Å². The Morgan fingerprint density at radius 3 is 2.69 bits per heavy atom. The summed E-state index contributed by atoms with van der Waals surface area (Å²) in [6, 6.07) is 11.1. The van der Waals surface area contributed by atoms with Gasteiger partial charge in [-0.25, -0.2) is 0 Å². The van der Waals surface area contributed by atoms with Crippen LogP contribution in [0.25, 0.3) is 10.9 Å². The van der Waals surface area contributed by atoms with Crippen molar-refractivity contribution in [2.24, 2.45) is 0 Å². The lowest BCUT2D eigenvalue weighted by Crippen LogP contribution is -2.49. The summed E-state index contributed by atoms with van der Waals surface area (Å²) in [5.41, 5.74) is 3.36. The van der Waals surface area contributed by atoms with Gasteiger partial charge in [0, 0.05) is 72.3 Å². The molecule has 2 saturated heterocycles. The molecule has 0 spiro atoms. The lowest BCUT2D eigenvalue weighted by Gasteiger charge is -2.42. The van der Waals surface area contributed by atoms with E-state index in [0.717, 1.165) is 50.4 Å². The van der Waals surface area contributed by atoms with Crippen molar-refractivity contribution in [2.75, 3.05) is 44.3 Å². The van der Waals surface area contributed by atoms with Gasteiger partial charge in [-0.1, -0.05) is 26.8 Å². The Labute approximate surface area is 219 Å². The second-order valence-electron chi connectivity index (χ2n) is 10.6. The van der Waals surface area contributed by atoms with E-state index in [-0.39, 0.29) is 11.3 Å². The number of fused-ring (bicyclic) bond motifs is 4. The number of benzene rings is 2. The van der Waals surface area contributed by atoms with Gasteiger partial charge in [-0.2, -0.15) is 5.26 Å². The summed E-state index contributed by atoms with van der Waals surface area (Å²) < 4.78 is 47.2. The Bertz CT molecular complexity index is 1570. The normalized spacial score (nSPS) is 23.1. The summed E-state index contributed by atoms with van der Waals surface area (Å²) in [6.07, 6.45) is -0.906. The predicted molar refractivity (Wildman–Crippen MR) is 142 cm³/mol. The minimum Gasteiger partial charge on any atom is -0.379 e. The van der Waals surface area contributed by atoms with Crippen molar-refractivity contribution >= 4 is 22.4 Å². The van der Waals surface area contributed by atoms with E-state index in [4.69, 9.17) is 11.6 Å². The molecule has 0 amide bonds. The van der Waals surface area contributed by atoms with Gasteiger partial charge in [0.2, 0.25) is 0 Å². The number of ketones is 1. The smallest absolute Gasteiger partial charge is 0.195 e. The number of nitriles is 1. The SMILES string of the molecule is [2H]C([2H])([2H])C([2H])([2H])c1cc2c(cc1N1CCC(N3CCOCC3)CC1)C(C)(C)c1[nH]c3cc(C#N)ccc3c1C2=O. The molecule has 3 heterocycles. The molecule has 2 aromatic carbocycles. The molecule has 2 fully saturated rings. The Hall–Kier alpha value is -3.14. The third-order valence-corrected chi connectivity index (χ3v) is 8.34. The maximum Gasteiger partial charge on any atom is 0.195 e. The molecular weight excluding hydrogens is 448 g/mol. The average Bonchev–Trinajstić information content (AvgIpc) is 3.35. The number of aromatic nitrogens is 1. The van der Waals surface area contributed by atoms with Crippen LogP contribution in [0.2, 0.25) is 0 Å². The van der Waals surface area contributed by atoms with E-state index in [9.17, 15) is 10.1 Å².